The van der Waals surface area contributed by atoms with Gasteiger partial charge in [0.05, 0.1) is 0 Å². The van der Waals surface area contributed by atoms with Crippen molar-refractivity contribution in [2.75, 3.05) is 0 Å². The Morgan fingerprint density at radius 3 is 2.47 bits per heavy atom. The Bertz CT molecular complexity index is 247. The number of carbonyl (C=O) groups is 2. The van der Waals surface area contributed by atoms with Crippen LogP contribution in [-0.2, 0) is 9.59 Å². The van der Waals surface area contributed by atoms with E-state index in [4.69, 9.17) is 5.11 Å². The minimum atomic E-state index is -1.26. The summed E-state index contributed by atoms with van der Waals surface area (Å²) in [6, 6.07) is 0. The zero-order chi connectivity index (χ0) is 11.4. The fourth-order valence-corrected chi connectivity index (χ4v) is 2.78. The van der Waals surface area contributed by atoms with E-state index in [1.165, 1.54) is 0 Å². The largest absolute Gasteiger partial charge is 0.475 e. The Balaban J connectivity index is 2.58. The first-order valence-corrected chi connectivity index (χ1v) is 5.81. The Kier molecular flexibility index (Phi) is 4.30. The molecule has 1 saturated carbocycles. The van der Waals surface area contributed by atoms with Crippen LogP contribution in [0.2, 0.25) is 0 Å². The predicted molar refractivity (Wildman–Crippen MR) is 57.5 cm³/mol. The Hall–Kier alpha value is -0.860. The zero-order valence-corrected chi connectivity index (χ0v) is 9.53. The molecule has 0 aliphatic heterocycles. The Morgan fingerprint density at radius 1 is 1.27 bits per heavy atom. The molecule has 3 nitrogen and oxygen atoms in total. The zero-order valence-electron chi connectivity index (χ0n) is 9.53. The molecule has 15 heavy (non-hydrogen) atoms. The minimum absolute atomic E-state index is 0.234. The van der Waals surface area contributed by atoms with Crippen molar-refractivity contribution in [3.63, 3.8) is 0 Å². The van der Waals surface area contributed by atoms with Gasteiger partial charge in [0.15, 0.2) is 0 Å². The molecule has 0 radical (unpaired) electrons. The van der Waals surface area contributed by atoms with Crippen LogP contribution in [0, 0.1) is 17.8 Å². The monoisotopic (exact) mass is 212 g/mol. The lowest BCUT2D eigenvalue weighted by atomic mass is 9.73. The predicted octanol–water partition coefficient (Wildman–Crippen LogP) is 2.49. The van der Waals surface area contributed by atoms with Crippen LogP contribution >= 0.6 is 0 Å². The molecule has 0 aromatic rings. The molecule has 1 rings (SSSR count). The van der Waals surface area contributed by atoms with Crippen LogP contribution in [0.5, 0.6) is 0 Å². The topological polar surface area (TPSA) is 54.4 Å². The van der Waals surface area contributed by atoms with E-state index < -0.39 is 11.8 Å². The number of hydrogen-bond donors (Lipinski definition) is 1. The van der Waals surface area contributed by atoms with Gasteiger partial charge in [-0.1, -0.05) is 26.7 Å². The third-order valence-corrected chi connectivity index (χ3v) is 3.32. The highest BCUT2D eigenvalue weighted by Crippen LogP contribution is 2.35. The summed E-state index contributed by atoms with van der Waals surface area (Å²) in [4.78, 5) is 22.0. The molecule has 1 aliphatic carbocycles. The normalized spacial score (nSPS) is 31.2. The van der Waals surface area contributed by atoms with Crippen molar-refractivity contribution in [3.8, 4) is 0 Å². The van der Waals surface area contributed by atoms with E-state index in [1.807, 2.05) is 0 Å². The lowest BCUT2D eigenvalue weighted by Crippen LogP contribution is -2.31. The summed E-state index contributed by atoms with van der Waals surface area (Å²) >= 11 is 0. The van der Waals surface area contributed by atoms with Crippen LogP contribution in [0.1, 0.15) is 46.0 Å². The SMILES string of the molecule is CCCC1CC(C)C[C@H](C(=O)C(=O)O)C1. The minimum Gasteiger partial charge on any atom is -0.475 e. The molecular formula is C12H20O3. The summed E-state index contributed by atoms with van der Waals surface area (Å²) in [5.74, 6) is -1.04. The maximum absolute atomic E-state index is 11.4. The molecule has 86 valence electrons. The van der Waals surface area contributed by atoms with Gasteiger partial charge in [-0.3, -0.25) is 4.79 Å². The molecule has 0 bridgehead atoms. The van der Waals surface area contributed by atoms with Crippen LogP contribution in [0.25, 0.3) is 0 Å². The smallest absolute Gasteiger partial charge is 0.372 e. The van der Waals surface area contributed by atoms with Gasteiger partial charge >= 0.3 is 5.97 Å². The van der Waals surface area contributed by atoms with E-state index >= 15 is 0 Å². The van der Waals surface area contributed by atoms with Crippen molar-refractivity contribution in [1.82, 2.24) is 0 Å². The number of ketones is 1. The Morgan fingerprint density at radius 2 is 1.93 bits per heavy atom. The summed E-state index contributed by atoms with van der Waals surface area (Å²) in [5.41, 5.74) is 0. The van der Waals surface area contributed by atoms with Gasteiger partial charge in [0, 0.05) is 5.92 Å². The number of rotatable bonds is 4. The molecule has 0 aromatic carbocycles. The first-order valence-electron chi connectivity index (χ1n) is 5.81. The average molecular weight is 212 g/mol. The van der Waals surface area contributed by atoms with Gasteiger partial charge in [0.25, 0.3) is 0 Å². The third-order valence-electron chi connectivity index (χ3n) is 3.32. The van der Waals surface area contributed by atoms with Crippen LogP contribution in [0.4, 0.5) is 0 Å². The quantitative estimate of drug-likeness (QED) is 0.728. The van der Waals surface area contributed by atoms with E-state index in [2.05, 4.69) is 13.8 Å². The highest BCUT2D eigenvalue weighted by atomic mass is 16.4. The molecule has 1 N–H and O–H groups in total. The fraction of sp³-hybridized carbons (Fsp3) is 0.833. The van der Waals surface area contributed by atoms with Crippen LogP contribution in [0.15, 0.2) is 0 Å². The van der Waals surface area contributed by atoms with Crippen molar-refractivity contribution >= 4 is 11.8 Å². The van der Waals surface area contributed by atoms with Gasteiger partial charge in [-0.15, -0.1) is 0 Å². The second-order valence-corrected chi connectivity index (χ2v) is 4.83. The van der Waals surface area contributed by atoms with E-state index in [0.717, 1.165) is 32.1 Å². The molecule has 0 spiro atoms. The molecule has 2 unspecified atom stereocenters. The highest BCUT2D eigenvalue weighted by Gasteiger charge is 2.33. The first-order chi connectivity index (χ1) is 7.04. The van der Waals surface area contributed by atoms with Crippen molar-refractivity contribution in [1.29, 1.82) is 0 Å². The molecule has 1 aliphatic rings. The second-order valence-electron chi connectivity index (χ2n) is 4.83. The number of aliphatic carboxylic acids is 1. The molecule has 1 fully saturated rings. The van der Waals surface area contributed by atoms with E-state index in [-0.39, 0.29) is 5.92 Å². The van der Waals surface area contributed by atoms with Gasteiger partial charge in [-0.2, -0.15) is 0 Å². The average Bonchev–Trinajstić information content (AvgIpc) is 2.16. The molecule has 0 amide bonds. The number of carboxylic acids is 1. The summed E-state index contributed by atoms with van der Waals surface area (Å²) in [6.07, 6.45) is 4.92. The van der Waals surface area contributed by atoms with E-state index in [1.54, 1.807) is 0 Å². The summed E-state index contributed by atoms with van der Waals surface area (Å²) in [7, 11) is 0. The van der Waals surface area contributed by atoms with Crippen LogP contribution in [0.3, 0.4) is 0 Å². The van der Waals surface area contributed by atoms with Gasteiger partial charge < -0.3 is 5.11 Å². The van der Waals surface area contributed by atoms with Crippen LogP contribution in [-0.4, -0.2) is 16.9 Å². The Labute approximate surface area is 90.9 Å². The standard InChI is InChI=1S/C12H20O3/c1-3-4-9-5-8(2)6-10(7-9)11(13)12(14)15/h8-10H,3-7H2,1-2H3,(H,14,15)/t8?,9?,10-/m0/s1. The molecule has 3 heteroatoms. The lowest BCUT2D eigenvalue weighted by Gasteiger charge is -2.31. The number of hydrogen-bond acceptors (Lipinski definition) is 2. The van der Waals surface area contributed by atoms with E-state index in [0.29, 0.717) is 11.8 Å². The highest BCUT2D eigenvalue weighted by molar-refractivity contribution is 6.33. The molecule has 0 aromatic heterocycles. The molecule has 0 heterocycles. The summed E-state index contributed by atoms with van der Waals surface area (Å²) < 4.78 is 0. The number of carbonyl (C=O) groups excluding carboxylic acids is 1. The van der Waals surface area contributed by atoms with Crippen LogP contribution < -0.4 is 0 Å². The maximum Gasteiger partial charge on any atom is 0.372 e. The fourth-order valence-electron chi connectivity index (χ4n) is 2.78. The van der Waals surface area contributed by atoms with Crippen molar-refractivity contribution in [2.24, 2.45) is 17.8 Å². The number of carboxylic acid groups (broad SMARTS) is 1. The first kappa shape index (κ1) is 12.2. The summed E-state index contributed by atoms with van der Waals surface area (Å²) in [5, 5.41) is 8.69. The summed E-state index contributed by atoms with van der Waals surface area (Å²) in [6.45, 7) is 4.25. The van der Waals surface area contributed by atoms with Crippen molar-refractivity contribution < 1.29 is 14.7 Å². The van der Waals surface area contributed by atoms with Gasteiger partial charge in [0.2, 0.25) is 5.78 Å². The van der Waals surface area contributed by atoms with Gasteiger partial charge in [0.1, 0.15) is 0 Å². The third kappa shape index (κ3) is 3.33. The molecule has 0 saturated heterocycles. The van der Waals surface area contributed by atoms with Crippen molar-refractivity contribution in [3.05, 3.63) is 0 Å². The molecule has 3 atom stereocenters. The van der Waals surface area contributed by atoms with E-state index in [9.17, 15) is 9.59 Å². The molecular weight excluding hydrogens is 192 g/mol. The van der Waals surface area contributed by atoms with Gasteiger partial charge in [-0.25, -0.2) is 4.79 Å². The lowest BCUT2D eigenvalue weighted by molar-refractivity contribution is -0.152. The maximum atomic E-state index is 11.4. The van der Waals surface area contributed by atoms with Gasteiger partial charge in [-0.05, 0) is 31.1 Å². The van der Waals surface area contributed by atoms with Crippen molar-refractivity contribution in [2.45, 2.75) is 46.0 Å². The number of Topliss-reactive ketones (excluding diaryl/α,β-unsaturated/α-hetero) is 1. The second kappa shape index (κ2) is 5.29.